The summed E-state index contributed by atoms with van der Waals surface area (Å²) < 4.78 is 22.4. The topological polar surface area (TPSA) is 88.8 Å². The van der Waals surface area contributed by atoms with E-state index in [2.05, 4.69) is 20.1 Å². The van der Waals surface area contributed by atoms with Crippen LogP contribution in [0.2, 0.25) is 10.3 Å². The van der Waals surface area contributed by atoms with Gasteiger partial charge in [0.1, 0.15) is 22.0 Å². The van der Waals surface area contributed by atoms with E-state index in [1.165, 1.54) is 23.5 Å². The van der Waals surface area contributed by atoms with Crippen LogP contribution in [0.15, 0.2) is 24.3 Å². The summed E-state index contributed by atoms with van der Waals surface area (Å²) in [5.41, 5.74) is 1.59. The van der Waals surface area contributed by atoms with E-state index in [9.17, 15) is 4.79 Å². The number of ether oxygens (including phenoxy) is 1. The molecule has 13 heteroatoms. The van der Waals surface area contributed by atoms with Crippen molar-refractivity contribution in [1.29, 1.82) is 0 Å². The van der Waals surface area contributed by atoms with Gasteiger partial charge >= 0.3 is 0 Å². The summed E-state index contributed by atoms with van der Waals surface area (Å²) in [7, 11) is 3.69. The lowest BCUT2D eigenvalue weighted by atomic mass is 9.96. The average molecular weight is 536 g/mol. The van der Waals surface area contributed by atoms with Crippen LogP contribution in [0.4, 0.5) is 10.2 Å². The lowest BCUT2D eigenvalue weighted by Crippen LogP contribution is -2.43. The van der Waals surface area contributed by atoms with Gasteiger partial charge in [-0.05, 0) is 31.2 Å². The predicted molar refractivity (Wildman–Crippen MR) is 131 cm³/mol. The zero-order chi connectivity index (χ0) is 24.9. The standard InChI is InChI=1S/C22H20Cl2FN7O2S/c1-11-29-32-19-13(26-22(32)35-11)8-9-31(18(19)12-4-6-15(23)27-21(12)25)17(33)10-34-14-5-7-16(30(2)3)28-20(14)24/h4-7,18H,8-10H2,1-3H3. The molecule has 0 bridgehead atoms. The number of carbonyl (C=O) groups excluding carboxylic acids is 1. The van der Waals surface area contributed by atoms with E-state index in [-0.39, 0.29) is 34.1 Å². The van der Waals surface area contributed by atoms with Crippen LogP contribution in [0, 0.1) is 12.9 Å². The van der Waals surface area contributed by atoms with E-state index in [1.54, 1.807) is 26.4 Å². The van der Waals surface area contributed by atoms with Crippen LogP contribution in [0.3, 0.4) is 0 Å². The molecule has 0 spiro atoms. The number of imidazole rings is 1. The number of hydrogen-bond acceptors (Lipinski definition) is 8. The van der Waals surface area contributed by atoms with Crippen LogP contribution in [0.1, 0.15) is 28.0 Å². The molecular weight excluding hydrogens is 516 g/mol. The summed E-state index contributed by atoms with van der Waals surface area (Å²) in [6.45, 7) is 1.87. The normalized spacial score (nSPS) is 15.4. The first-order valence-electron chi connectivity index (χ1n) is 10.7. The predicted octanol–water partition coefficient (Wildman–Crippen LogP) is 3.95. The van der Waals surface area contributed by atoms with Crippen molar-refractivity contribution in [2.24, 2.45) is 0 Å². The fourth-order valence-electron chi connectivity index (χ4n) is 4.06. The summed E-state index contributed by atoms with van der Waals surface area (Å²) in [5, 5.41) is 5.51. The molecule has 0 saturated heterocycles. The van der Waals surface area contributed by atoms with Crippen molar-refractivity contribution in [3.63, 3.8) is 0 Å². The van der Waals surface area contributed by atoms with Gasteiger partial charge < -0.3 is 14.5 Å². The third kappa shape index (κ3) is 4.39. The second kappa shape index (κ2) is 9.21. The number of nitrogens with zero attached hydrogens (tertiary/aromatic N) is 7. The lowest BCUT2D eigenvalue weighted by molar-refractivity contribution is -0.135. The summed E-state index contributed by atoms with van der Waals surface area (Å²) in [5.74, 6) is -0.181. The van der Waals surface area contributed by atoms with Gasteiger partial charge in [0.25, 0.3) is 5.91 Å². The van der Waals surface area contributed by atoms with Gasteiger partial charge in [-0.15, -0.1) is 0 Å². The van der Waals surface area contributed by atoms with E-state index in [1.807, 2.05) is 21.0 Å². The average Bonchev–Trinajstić information content (AvgIpc) is 3.33. The molecule has 1 amide bonds. The Kier molecular flexibility index (Phi) is 6.24. The maximum Gasteiger partial charge on any atom is 0.261 e. The first-order chi connectivity index (χ1) is 16.7. The number of fused-ring (bicyclic) bond motifs is 3. The molecule has 5 rings (SSSR count). The molecule has 1 unspecified atom stereocenters. The second-order valence-electron chi connectivity index (χ2n) is 8.15. The van der Waals surface area contributed by atoms with Crippen molar-refractivity contribution in [1.82, 2.24) is 29.5 Å². The van der Waals surface area contributed by atoms with Crippen LogP contribution in [0.5, 0.6) is 5.75 Å². The highest BCUT2D eigenvalue weighted by Gasteiger charge is 2.38. The van der Waals surface area contributed by atoms with Crippen LogP contribution >= 0.6 is 34.5 Å². The molecule has 1 atom stereocenters. The van der Waals surface area contributed by atoms with E-state index in [0.29, 0.717) is 29.4 Å². The Morgan fingerprint density at radius 3 is 2.74 bits per heavy atom. The minimum Gasteiger partial charge on any atom is -0.481 e. The Morgan fingerprint density at radius 1 is 1.23 bits per heavy atom. The van der Waals surface area contributed by atoms with Crippen LogP contribution < -0.4 is 9.64 Å². The Hall–Kier alpha value is -3.02. The number of aryl methyl sites for hydroxylation is 1. The number of rotatable bonds is 5. The van der Waals surface area contributed by atoms with Crippen LogP contribution in [0.25, 0.3) is 4.96 Å². The minimum absolute atomic E-state index is 0.0229. The third-order valence-electron chi connectivity index (χ3n) is 5.64. The van der Waals surface area contributed by atoms with Gasteiger partial charge in [-0.3, -0.25) is 4.79 Å². The summed E-state index contributed by atoms with van der Waals surface area (Å²) in [6.07, 6.45) is 0.495. The highest BCUT2D eigenvalue weighted by molar-refractivity contribution is 7.16. The van der Waals surface area contributed by atoms with Gasteiger partial charge in [-0.1, -0.05) is 34.5 Å². The fourth-order valence-corrected chi connectivity index (χ4v) is 5.17. The van der Waals surface area contributed by atoms with Gasteiger partial charge in [0.05, 0.1) is 11.4 Å². The molecule has 5 heterocycles. The maximum absolute atomic E-state index is 15.0. The van der Waals surface area contributed by atoms with Gasteiger partial charge in [-0.25, -0.2) is 19.5 Å². The van der Waals surface area contributed by atoms with E-state index < -0.39 is 12.0 Å². The number of aromatic nitrogens is 5. The van der Waals surface area contributed by atoms with Crippen molar-refractivity contribution in [2.45, 2.75) is 19.4 Å². The van der Waals surface area contributed by atoms with Gasteiger partial charge in [0.15, 0.2) is 17.5 Å². The molecule has 4 aromatic heterocycles. The molecule has 0 radical (unpaired) electrons. The molecule has 0 fully saturated rings. The molecule has 35 heavy (non-hydrogen) atoms. The SMILES string of the molecule is Cc1nn2c3c(nc2s1)CCN(C(=O)COc1ccc(N(C)C)nc1Cl)C3c1ccc(Cl)nc1F. The van der Waals surface area contributed by atoms with Crippen LogP contribution in [-0.4, -0.2) is 62.6 Å². The molecular formula is C22H20Cl2FN7O2S. The molecule has 0 N–H and O–H groups in total. The van der Waals surface area contributed by atoms with Crippen molar-refractivity contribution >= 4 is 51.2 Å². The number of amides is 1. The smallest absolute Gasteiger partial charge is 0.261 e. The molecule has 4 aromatic rings. The van der Waals surface area contributed by atoms with Crippen molar-refractivity contribution < 1.29 is 13.9 Å². The third-order valence-corrected chi connectivity index (χ3v) is 6.95. The van der Waals surface area contributed by atoms with E-state index in [4.69, 9.17) is 27.9 Å². The summed E-state index contributed by atoms with van der Waals surface area (Å²) in [6, 6.07) is 5.62. The van der Waals surface area contributed by atoms with Crippen molar-refractivity contribution in [2.75, 3.05) is 32.1 Å². The summed E-state index contributed by atoms with van der Waals surface area (Å²) >= 11 is 13.6. The molecule has 9 nitrogen and oxygen atoms in total. The zero-order valence-electron chi connectivity index (χ0n) is 19.0. The Balaban J connectivity index is 1.49. The number of hydrogen-bond donors (Lipinski definition) is 0. The Morgan fingerprint density at radius 2 is 2.03 bits per heavy atom. The highest BCUT2D eigenvalue weighted by atomic mass is 35.5. The molecule has 182 valence electrons. The molecule has 1 aliphatic heterocycles. The number of carbonyl (C=O) groups is 1. The minimum atomic E-state index is -0.805. The maximum atomic E-state index is 15.0. The second-order valence-corrected chi connectivity index (χ2v) is 10.1. The molecule has 0 saturated carbocycles. The van der Waals surface area contributed by atoms with E-state index in [0.717, 1.165) is 10.7 Å². The van der Waals surface area contributed by atoms with Crippen molar-refractivity contribution in [3.05, 3.63) is 62.5 Å². The molecule has 0 aromatic carbocycles. The van der Waals surface area contributed by atoms with Crippen LogP contribution in [-0.2, 0) is 11.2 Å². The van der Waals surface area contributed by atoms with Crippen molar-refractivity contribution in [3.8, 4) is 5.75 Å². The zero-order valence-corrected chi connectivity index (χ0v) is 21.3. The van der Waals surface area contributed by atoms with Gasteiger partial charge in [-0.2, -0.15) is 9.49 Å². The first kappa shape index (κ1) is 23.7. The fraction of sp³-hybridized carbons (Fsp3) is 0.318. The van der Waals surface area contributed by atoms with Gasteiger partial charge in [0, 0.05) is 32.6 Å². The Labute approximate surface area is 214 Å². The largest absolute Gasteiger partial charge is 0.481 e. The number of pyridine rings is 2. The summed E-state index contributed by atoms with van der Waals surface area (Å²) in [4.78, 5) is 30.1. The first-order valence-corrected chi connectivity index (χ1v) is 12.2. The Bertz CT molecular complexity index is 1440. The number of anilines is 1. The quantitative estimate of drug-likeness (QED) is 0.357. The number of halogens is 3. The lowest BCUT2D eigenvalue weighted by Gasteiger charge is -2.35. The van der Waals surface area contributed by atoms with Gasteiger partial charge in [0.2, 0.25) is 10.9 Å². The molecule has 0 aliphatic carbocycles. The van der Waals surface area contributed by atoms with E-state index >= 15 is 4.39 Å². The highest BCUT2D eigenvalue weighted by Crippen LogP contribution is 2.38. The molecule has 1 aliphatic rings. The monoisotopic (exact) mass is 535 g/mol.